The van der Waals surface area contributed by atoms with Crippen LogP contribution in [0.25, 0.3) is 0 Å². The number of carbonyl (C=O) groups excluding carboxylic acids is 1. The van der Waals surface area contributed by atoms with Gasteiger partial charge in [0.05, 0.1) is 4.47 Å². The molecule has 0 bridgehead atoms. The quantitative estimate of drug-likeness (QED) is 0.698. The summed E-state index contributed by atoms with van der Waals surface area (Å²) in [6.45, 7) is 2.71. The molecule has 2 aromatic rings. The van der Waals surface area contributed by atoms with Crippen LogP contribution in [-0.2, 0) is 11.2 Å². The van der Waals surface area contributed by atoms with Crippen molar-refractivity contribution in [3.05, 3.63) is 63.1 Å². The summed E-state index contributed by atoms with van der Waals surface area (Å²) < 4.78 is 6.20. The fourth-order valence-corrected chi connectivity index (χ4v) is 2.97. The van der Waals surface area contributed by atoms with E-state index in [0.29, 0.717) is 17.3 Å². The number of amides is 1. The molecule has 5 heteroatoms. The van der Waals surface area contributed by atoms with Gasteiger partial charge in [0.2, 0.25) is 0 Å². The Morgan fingerprint density at radius 1 is 1.26 bits per heavy atom. The van der Waals surface area contributed by atoms with Crippen LogP contribution in [0.5, 0.6) is 5.75 Å². The third-order valence-corrected chi connectivity index (χ3v) is 4.15. The predicted molar refractivity (Wildman–Crippen MR) is 97.2 cm³/mol. The number of benzene rings is 2. The number of halogens is 2. The minimum absolute atomic E-state index is 0.00925. The van der Waals surface area contributed by atoms with Gasteiger partial charge in [-0.3, -0.25) is 4.79 Å². The second kappa shape index (κ2) is 8.94. The van der Waals surface area contributed by atoms with E-state index >= 15 is 0 Å². The molecular weight excluding hydrogens is 378 g/mol. The van der Waals surface area contributed by atoms with E-state index in [2.05, 4.69) is 52.4 Å². The number of ether oxygens (including phenoxy) is 1. The largest absolute Gasteiger partial charge is 0.483 e. The number of hydrogen-bond donors (Lipinski definition) is 1. The predicted octanol–water partition coefficient (Wildman–Crippen LogP) is 4.54. The van der Waals surface area contributed by atoms with Crippen LogP contribution < -0.4 is 10.1 Å². The molecule has 2 aromatic carbocycles. The summed E-state index contributed by atoms with van der Waals surface area (Å²) in [7, 11) is 0. The fourth-order valence-electron chi connectivity index (χ4n) is 2.17. The normalized spacial score (nSPS) is 10.4. The Morgan fingerprint density at radius 3 is 2.83 bits per heavy atom. The van der Waals surface area contributed by atoms with Gasteiger partial charge in [-0.1, -0.05) is 41.4 Å². The van der Waals surface area contributed by atoms with Gasteiger partial charge >= 0.3 is 0 Å². The summed E-state index contributed by atoms with van der Waals surface area (Å²) in [6.07, 6.45) is 1.85. The van der Waals surface area contributed by atoms with Gasteiger partial charge in [0.1, 0.15) is 5.75 Å². The van der Waals surface area contributed by atoms with E-state index in [9.17, 15) is 4.79 Å². The van der Waals surface area contributed by atoms with Crippen molar-refractivity contribution in [2.24, 2.45) is 0 Å². The van der Waals surface area contributed by atoms with E-state index in [0.717, 1.165) is 17.3 Å². The van der Waals surface area contributed by atoms with E-state index in [4.69, 9.17) is 16.3 Å². The molecule has 0 unspecified atom stereocenters. The highest BCUT2D eigenvalue weighted by Gasteiger charge is 2.06. The summed E-state index contributed by atoms with van der Waals surface area (Å²) in [6, 6.07) is 13.6. The van der Waals surface area contributed by atoms with Crippen molar-refractivity contribution >= 4 is 33.4 Å². The molecule has 0 aromatic heterocycles. The van der Waals surface area contributed by atoms with Crippen molar-refractivity contribution in [1.82, 2.24) is 5.32 Å². The molecule has 0 saturated carbocycles. The molecule has 0 aliphatic carbocycles. The first kappa shape index (κ1) is 17.8. The van der Waals surface area contributed by atoms with Crippen molar-refractivity contribution in [3.8, 4) is 5.75 Å². The van der Waals surface area contributed by atoms with Crippen molar-refractivity contribution in [2.45, 2.75) is 19.8 Å². The number of hydrogen-bond acceptors (Lipinski definition) is 2. The first-order valence-corrected chi connectivity index (χ1v) is 8.62. The maximum atomic E-state index is 11.8. The van der Waals surface area contributed by atoms with E-state index in [1.165, 1.54) is 11.1 Å². The lowest BCUT2D eigenvalue weighted by Gasteiger charge is -2.09. The standard InChI is InChI=1S/C18H19BrClNO2/c1-13-4-2-5-14(10-13)6-3-9-21-18(22)12-23-17-8-7-15(20)11-16(17)19/h2,4-5,7-8,10-11H,3,6,9,12H2,1H3,(H,21,22). The maximum Gasteiger partial charge on any atom is 0.257 e. The Bertz CT molecular complexity index is 676. The zero-order valence-electron chi connectivity index (χ0n) is 12.9. The van der Waals surface area contributed by atoms with E-state index in [1.807, 2.05) is 0 Å². The van der Waals surface area contributed by atoms with E-state index < -0.39 is 0 Å². The number of carbonyl (C=O) groups is 1. The lowest BCUT2D eigenvalue weighted by molar-refractivity contribution is -0.123. The molecule has 0 saturated heterocycles. The van der Waals surface area contributed by atoms with Gasteiger partial charge in [-0.15, -0.1) is 0 Å². The second-order valence-corrected chi connectivity index (χ2v) is 6.60. The second-order valence-electron chi connectivity index (χ2n) is 5.31. The van der Waals surface area contributed by atoms with Crippen LogP contribution in [0.3, 0.4) is 0 Å². The molecule has 2 rings (SSSR count). The minimum atomic E-state index is -0.129. The van der Waals surface area contributed by atoms with Crippen LogP contribution in [-0.4, -0.2) is 19.1 Å². The molecule has 122 valence electrons. The van der Waals surface area contributed by atoms with Crippen molar-refractivity contribution in [3.63, 3.8) is 0 Å². The first-order chi connectivity index (χ1) is 11.0. The van der Waals surface area contributed by atoms with Crippen molar-refractivity contribution in [2.75, 3.05) is 13.2 Å². The van der Waals surface area contributed by atoms with Gasteiger partial charge < -0.3 is 10.1 Å². The molecule has 0 atom stereocenters. The summed E-state index contributed by atoms with van der Waals surface area (Å²) in [4.78, 5) is 11.8. The van der Waals surface area contributed by atoms with E-state index in [-0.39, 0.29) is 12.5 Å². The number of nitrogens with one attached hydrogen (secondary N) is 1. The smallest absolute Gasteiger partial charge is 0.257 e. The molecule has 1 N–H and O–H groups in total. The zero-order chi connectivity index (χ0) is 16.7. The van der Waals surface area contributed by atoms with Gasteiger partial charge in [-0.2, -0.15) is 0 Å². The van der Waals surface area contributed by atoms with E-state index in [1.54, 1.807) is 18.2 Å². The number of aryl methyl sites for hydroxylation is 2. The molecule has 0 heterocycles. The third kappa shape index (κ3) is 6.24. The highest BCUT2D eigenvalue weighted by atomic mass is 79.9. The van der Waals surface area contributed by atoms with Crippen LogP contribution in [0.2, 0.25) is 5.02 Å². The van der Waals surface area contributed by atoms with Gasteiger partial charge in [0.15, 0.2) is 6.61 Å². The summed E-state index contributed by atoms with van der Waals surface area (Å²) >= 11 is 9.21. The Labute approximate surface area is 150 Å². The van der Waals surface area contributed by atoms with Crippen molar-refractivity contribution in [1.29, 1.82) is 0 Å². The average molecular weight is 397 g/mol. The molecule has 1 amide bonds. The molecule has 0 aliphatic rings. The summed E-state index contributed by atoms with van der Waals surface area (Å²) in [5.74, 6) is 0.473. The van der Waals surface area contributed by atoms with Gasteiger partial charge in [0, 0.05) is 11.6 Å². The molecule has 3 nitrogen and oxygen atoms in total. The summed E-state index contributed by atoms with van der Waals surface area (Å²) in [5, 5.41) is 3.48. The molecule has 0 aliphatic heterocycles. The van der Waals surface area contributed by atoms with Crippen LogP contribution >= 0.6 is 27.5 Å². The Balaban J connectivity index is 1.67. The zero-order valence-corrected chi connectivity index (χ0v) is 15.3. The Kier molecular flexibility index (Phi) is 6.93. The molecule has 0 radical (unpaired) electrons. The monoisotopic (exact) mass is 395 g/mol. The number of rotatable bonds is 7. The van der Waals surface area contributed by atoms with Crippen molar-refractivity contribution < 1.29 is 9.53 Å². The van der Waals surface area contributed by atoms with Crippen LogP contribution in [0.1, 0.15) is 17.5 Å². The lowest BCUT2D eigenvalue weighted by atomic mass is 10.1. The molecule has 0 spiro atoms. The van der Waals surface area contributed by atoms with Gasteiger partial charge in [-0.25, -0.2) is 0 Å². The highest BCUT2D eigenvalue weighted by Crippen LogP contribution is 2.27. The SMILES string of the molecule is Cc1cccc(CCCNC(=O)COc2ccc(Cl)cc2Br)c1. The van der Waals surface area contributed by atoms with Gasteiger partial charge in [0.25, 0.3) is 5.91 Å². The minimum Gasteiger partial charge on any atom is -0.483 e. The Morgan fingerprint density at radius 2 is 2.09 bits per heavy atom. The van der Waals surface area contributed by atoms with Gasteiger partial charge in [-0.05, 0) is 59.5 Å². The molecule has 0 fully saturated rings. The van der Waals surface area contributed by atoms with Crippen LogP contribution in [0, 0.1) is 6.92 Å². The summed E-state index contributed by atoms with van der Waals surface area (Å²) in [5.41, 5.74) is 2.55. The third-order valence-electron chi connectivity index (χ3n) is 3.30. The first-order valence-electron chi connectivity index (χ1n) is 7.44. The fraction of sp³-hybridized carbons (Fsp3) is 0.278. The highest BCUT2D eigenvalue weighted by molar-refractivity contribution is 9.10. The maximum absolute atomic E-state index is 11.8. The van der Waals surface area contributed by atoms with Crippen LogP contribution in [0.4, 0.5) is 0 Å². The average Bonchev–Trinajstić information content (AvgIpc) is 2.51. The Hall–Kier alpha value is -1.52. The molecular formula is C18H19BrClNO2. The molecule has 23 heavy (non-hydrogen) atoms. The van der Waals surface area contributed by atoms with Crippen LogP contribution in [0.15, 0.2) is 46.9 Å². The topological polar surface area (TPSA) is 38.3 Å². The lowest BCUT2D eigenvalue weighted by Crippen LogP contribution is -2.29.